The Hall–Kier alpha value is -2.35. The van der Waals surface area contributed by atoms with Gasteiger partial charge in [0.25, 0.3) is 0 Å². The van der Waals surface area contributed by atoms with Gasteiger partial charge in [0, 0.05) is 19.4 Å². The molecule has 524 valence electrons. The highest BCUT2D eigenvalue weighted by molar-refractivity contribution is 7.81. The number of carbonyl (C=O) groups is 2. The lowest BCUT2D eigenvalue weighted by Gasteiger charge is -2.64. The van der Waals surface area contributed by atoms with Gasteiger partial charge in [-0.15, -0.1) is 0 Å². The van der Waals surface area contributed by atoms with Crippen LogP contribution in [-0.4, -0.2) is 248 Å². The predicted molar refractivity (Wildman–Crippen MR) is 303 cm³/mol. The van der Waals surface area contributed by atoms with Crippen molar-refractivity contribution in [3.05, 3.63) is 11.6 Å². The van der Waals surface area contributed by atoms with Crippen molar-refractivity contribution in [2.75, 3.05) is 26.9 Å². The molecule has 91 heavy (non-hydrogen) atoms. The van der Waals surface area contributed by atoms with Gasteiger partial charge < -0.3 is 87.9 Å². The van der Waals surface area contributed by atoms with E-state index in [0.717, 1.165) is 25.5 Å². The first-order valence-electron chi connectivity index (χ1n) is 30.6. The molecule has 0 aromatic heterocycles. The van der Waals surface area contributed by atoms with Gasteiger partial charge >= 0.3 is 43.1 Å². The van der Waals surface area contributed by atoms with Crippen molar-refractivity contribution in [1.29, 1.82) is 0 Å². The summed E-state index contributed by atoms with van der Waals surface area (Å²) < 4.78 is 178. The quantitative estimate of drug-likeness (QED) is 0.0378. The number of ether oxygens (including phenoxy) is 11. The van der Waals surface area contributed by atoms with Gasteiger partial charge in [-0.1, -0.05) is 59.6 Å². The normalized spacial score (nSPS) is 46.7. The van der Waals surface area contributed by atoms with Gasteiger partial charge in [0.15, 0.2) is 25.2 Å². The summed E-state index contributed by atoms with van der Waals surface area (Å²) >= 11 is 0. The Morgan fingerprint density at radius 3 is 1.82 bits per heavy atom. The number of fused-ring (bicyclic) bond motifs is 4. The fourth-order valence-corrected chi connectivity index (χ4v) is 18.1. The van der Waals surface area contributed by atoms with Crippen molar-refractivity contribution in [2.45, 2.75) is 255 Å². The van der Waals surface area contributed by atoms with Crippen LogP contribution in [0.3, 0.4) is 0 Å². The van der Waals surface area contributed by atoms with E-state index in [9.17, 15) is 79.7 Å². The third-order valence-corrected chi connectivity index (χ3v) is 22.6. The molecule has 1 spiro atoms. The SMILES string of the molecule is CO[C@@H]1[C@@H](O)[C@H](O[C@@H]2[C@@H](O)[C@H](O[C@H]3[C@H](O)[C@@H](O)[C@H](O[C@H]4[C@H](O[C@H]5CC[C@]6(C)[C@@H]7CC[C@]89C(=O)O[C@@](C)(CCCC(C)C)[C@H]8[C@@H](OC(C)=O)C[C@@]9(C)C7=CC[C@H]6C5(C)C)OC[C@@H](OS(=O)(=O)O)[C@@H]4O)O[C@@H]3C)O[C@H](COS(=O)(=O)O)[C@H]2O)O[C@H](COS(=O)(=O)O)[C@H]1O. The zero-order valence-electron chi connectivity index (χ0n) is 52.2. The Kier molecular flexibility index (Phi) is 21.5. The van der Waals surface area contributed by atoms with Crippen LogP contribution in [0.15, 0.2) is 11.6 Å². The largest absolute Gasteiger partial charge is 0.462 e. The van der Waals surface area contributed by atoms with Gasteiger partial charge in [-0.05, 0) is 93.8 Å². The molecule has 5 aliphatic heterocycles. The second-order valence-electron chi connectivity index (χ2n) is 27.6. The van der Waals surface area contributed by atoms with Crippen LogP contribution in [0.2, 0.25) is 0 Å². The summed E-state index contributed by atoms with van der Waals surface area (Å²) in [4.78, 5) is 27.5. The Bertz CT molecular complexity index is 2990. The molecular formula is C56H90O32S3. The fraction of sp³-hybridized carbons (Fsp3) is 0.929. The molecule has 9 aliphatic rings. The molecular weight excluding hydrogens is 1280 g/mol. The minimum atomic E-state index is -5.25. The van der Waals surface area contributed by atoms with Gasteiger partial charge in [0.2, 0.25) is 0 Å². The fourth-order valence-electron chi connectivity index (χ4n) is 17.0. The Balaban J connectivity index is 0.925. The lowest BCUT2D eigenvalue weighted by atomic mass is 9.41. The minimum absolute atomic E-state index is 0.00782. The Morgan fingerprint density at radius 2 is 1.25 bits per heavy atom. The summed E-state index contributed by atoms with van der Waals surface area (Å²) in [6.07, 6.45) is -30.1. The van der Waals surface area contributed by atoms with E-state index >= 15 is 0 Å². The van der Waals surface area contributed by atoms with Crippen LogP contribution in [0.25, 0.3) is 0 Å². The summed E-state index contributed by atoms with van der Waals surface area (Å²) in [5.74, 6) is -0.692. The number of rotatable bonds is 22. The zero-order chi connectivity index (χ0) is 67.3. The van der Waals surface area contributed by atoms with Gasteiger partial charge in [-0.25, -0.2) is 12.5 Å². The molecule has 0 aromatic carbocycles. The molecule has 0 bridgehead atoms. The second-order valence-corrected chi connectivity index (χ2v) is 30.8. The number of methoxy groups -OCH3 is 1. The first-order valence-corrected chi connectivity index (χ1v) is 34.7. The number of aliphatic hydroxyl groups is 7. The van der Waals surface area contributed by atoms with E-state index in [2.05, 4.69) is 42.1 Å². The molecule has 5 saturated heterocycles. The Morgan fingerprint density at radius 1 is 0.681 bits per heavy atom. The van der Waals surface area contributed by atoms with E-state index in [-0.39, 0.29) is 29.1 Å². The molecule has 32 nitrogen and oxygen atoms in total. The number of aliphatic hydroxyl groups excluding tert-OH is 7. The molecule has 35 heteroatoms. The average Bonchev–Trinajstić information content (AvgIpc) is 1.52. The molecule has 8 fully saturated rings. The highest BCUT2D eigenvalue weighted by Crippen LogP contribution is 2.77. The van der Waals surface area contributed by atoms with Crippen LogP contribution >= 0.6 is 0 Å². The smallest absolute Gasteiger partial charge is 0.397 e. The number of hydrogen-bond donors (Lipinski definition) is 10. The first-order chi connectivity index (χ1) is 42.1. The summed E-state index contributed by atoms with van der Waals surface area (Å²) in [5.41, 5.74) is -2.42. The third-order valence-electron chi connectivity index (χ3n) is 21.2. The lowest BCUT2D eigenvalue weighted by Crippen LogP contribution is -2.67. The van der Waals surface area contributed by atoms with E-state index in [1.807, 2.05) is 20.8 Å². The summed E-state index contributed by atoms with van der Waals surface area (Å²) in [5, 5.41) is 80.4. The second kappa shape index (κ2) is 26.8. The van der Waals surface area contributed by atoms with Crippen molar-refractivity contribution >= 4 is 43.1 Å². The summed E-state index contributed by atoms with van der Waals surface area (Å²) in [7, 11) is -14.6. The van der Waals surface area contributed by atoms with Gasteiger partial charge in [0.05, 0.1) is 43.4 Å². The van der Waals surface area contributed by atoms with E-state index in [4.69, 9.17) is 60.8 Å². The number of hydrogen-bond acceptors (Lipinski definition) is 29. The summed E-state index contributed by atoms with van der Waals surface area (Å²) in [6.45, 7) is 14.5. The maximum absolute atomic E-state index is 14.7. The van der Waals surface area contributed by atoms with Gasteiger partial charge in [-0.2, -0.15) is 25.3 Å². The van der Waals surface area contributed by atoms with Crippen LogP contribution in [0.1, 0.15) is 120 Å². The number of allylic oxidation sites excluding steroid dienone is 2. The molecule has 9 rings (SSSR count). The standard InChI is InChI=1S/C56H90O32S3/c1-24(2)12-11-17-55(9)46-29(80-26(4)57)20-54(8)28-13-14-33-52(5,6)34(16-18-53(33,7)27(28)15-19-56(46,54)51(65)87-55)83-50-45(37(60)32(21-76-50)88-91(72,73)74)86-47-39(62)38(61)42(25(3)79-47)84-49-41(64)44(36(59)31(82-49)23-78-90(69,70)71)85-48-40(63)43(75-10)35(58)30(81-48)22-77-89(66,67)68/h13,24-25,27,29-50,58-64H,11-12,14-23H2,1-10H3,(H,66,67,68)(H,69,70,71)(H,72,73,74)/t25-,27-,29+,30-,31-,32-,33+,34+,35-,36-,37+,38-,39-,40-,41-,42-,43+,44+,45-,46-,47+,48+,49+,50+,53-,54+,55+,56-/m1/s1. The molecule has 0 aromatic rings. The van der Waals surface area contributed by atoms with Crippen LogP contribution in [-0.2, 0) is 105 Å². The molecule has 28 atom stereocenters. The summed E-state index contributed by atoms with van der Waals surface area (Å²) in [6, 6.07) is 0. The van der Waals surface area contributed by atoms with Gasteiger partial charge in [-0.3, -0.25) is 23.2 Å². The maximum Gasteiger partial charge on any atom is 0.397 e. The minimum Gasteiger partial charge on any atom is -0.462 e. The highest BCUT2D eigenvalue weighted by atomic mass is 32.3. The van der Waals surface area contributed by atoms with Gasteiger partial charge in [0.1, 0.15) is 97.2 Å². The van der Waals surface area contributed by atoms with Crippen molar-refractivity contribution in [1.82, 2.24) is 0 Å². The first kappa shape index (κ1) is 72.9. The molecule has 0 radical (unpaired) electrons. The van der Waals surface area contributed by atoms with Crippen LogP contribution < -0.4 is 0 Å². The maximum atomic E-state index is 14.7. The topological polar surface area (TPSA) is 468 Å². The highest BCUT2D eigenvalue weighted by Gasteiger charge is 2.79. The molecule has 10 N–H and O–H groups in total. The van der Waals surface area contributed by atoms with Crippen molar-refractivity contribution < 1.29 is 149 Å². The van der Waals surface area contributed by atoms with E-state index < -0.39 is 208 Å². The van der Waals surface area contributed by atoms with Crippen molar-refractivity contribution in [3.63, 3.8) is 0 Å². The van der Waals surface area contributed by atoms with E-state index in [0.29, 0.717) is 50.9 Å². The molecule has 3 saturated carbocycles. The zero-order valence-corrected chi connectivity index (χ0v) is 54.6. The average molecular weight is 1370 g/mol. The van der Waals surface area contributed by atoms with Crippen LogP contribution in [0.5, 0.6) is 0 Å². The van der Waals surface area contributed by atoms with Crippen LogP contribution in [0.4, 0.5) is 0 Å². The number of esters is 2. The molecule has 0 amide bonds. The predicted octanol–water partition coefficient (Wildman–Crippen LogP) is -0.285. The van der Waals surface area contributed by atoms with E-state index in [1.165, 1.54) is 13.8 Å². The lowest BCUT2D eigenvalue weighted by molar-refractivity contribution is -0.389. The monoisotopic (exact) mass is 1370 g/mol. The third kappa shape index (κ3) is 14.2. The van der Waals surface area contributed by atoms with Crippen molar-refractivity contribution in [3.8, 4) is 0 Å². The van der Waals surface area contributed by atoms with E-state index in [1.54, 1.807) is 0 Å². The van der Waals surface area contributed by atoms with Crippen molar-refractivity contribution in [2.24, 2.45) is 45.3 Å². The molecule has 5 heterocycles. The number of carbonyl (C=O) groups excluding carboxylic acids is 2. The Labute approximate surface area is 528 Å². The molecule has 4 aliphatic carbocycles. The number of cyclic esters (lactones) is 1. The van der Waals surface area contributed by atoms with Crippen LogP contribution in [0, 0.1) is 45.3 Å². The molecule has 0 unspecified atom stereocenters.